The molecule has 1 aliphatic heterocycles. The first-order valence-corrected chi connectivity index (χ1v) is 6.01. The largest absolute Gasteiger partial charge is 0.395 e. The summed E-state index contributed by atoms with van der Waals surface area (Å²) < 4.78 is 13.4. The molecule has 0 amide bonds. The van der Waals surface area contributed by atoms with Crippen molar-refractivity contribution in [3.63, 3.8) is 0 Å². The van der Waals surface area contributed by atoms with Crippen molar-refractivity contribution in [1.82, 2.24) is 0 Å². The fraction of sp³-hybridized carbons (Fsp3) is 0.538. The number of nitrogen functional groups attached to an aromatic ring is 1. The molecule has 0 spiro atoms. The fourth-order valence-corrected chi connectivity index (χ4v) is 2.31. The molecule has 1 aromatic carbocycles. The van der Waals surface area contributed by atoms with E-state index in [1.54, 1.807) is 6.07 Å². The number of benzene rings is 1. The van der Waals surface area contributed by atoms with Gasteiger partial charge >= 0.3 is 0 Å². The minimum Gasteiger partial charge on any atom is -0.395 e. The molecule has 0 aromatic heterocycles. The van der Waals surface area contributed by atoms with Crippen molar-refractivity contribution < 1.29 is 9.50 Å². The average molecular weight is 238 g/mol. The highest BCUT2D eigenvalue weighted by molar-refractivity contribution is 5.68. The Bertz CT molecular complexity index is 406. The number of aliphatic hydroxyl groups is 1. The summed E-state index contributed by atoms with van der Waals surface area (Å²) in [5.74, 6) is -0.376. The maximum absolute atomic E-state index is 13.4. The van der Waals surface area contributed by atoms with Crippen LogP contribution in [0.4, 0.5) is 15.8 Å². The lowest BCUT2D eigenvalue weighted by molar-refractivity contribution is 0.0481. The van der Waals surface area contributed by atoms with Crippen molar-refractivity contribution >= 4 is 11.4 Å². The van der Waals surface area contributed by atoms with E-state index in [2.05, 4.69) is 4.90 Å². The Kier molecular flexibility index (Phi) is 3.24. The molecule has 2 rings (SSSR count). The van der Waals surface area contributed by atoms with E-state index < -0.39 is 5.60 Å². The van der Waals surface area contributed by atoms with Gasteiger partial charge in [-0.15, -0.1) is 0 Å². The monoisotopic (exact) mass is 238 g/mol. The standard InChI is InChI=1S/C13H19FN2O/c1-13(17)6-3-8-16(9-7-13)11-5-2-4-10(14)12(11)15/h2,4-5,17H,3,6-9,15H2,1H3. The Labute approximate surface area is 101 Å². The number of nitrogens with zero attached hydrogens (tertiary/aromatic N) is 1. The van der Waals surface area contributed by atoms with Crippen molar-refractivity contribution in [2.45, 2.75) is 31.8 Å². The zero-order valence-corrected chi connectivity index (χ0v) is 10.1. The van der Waals surface area contributed by atoms with Crippen LogP contribution in [0, 0.1) is 5.82 Å². The molecule has 0 radical (unpaired) electrons. The number of nitrogens with two attached hydrogens (primary N) is 1. The van der Waals surface area contributed by atoms with Crippen molar-refractivity contribution in [3.05, 3.63) is 24.0 Å². The van der Waals surface area contributed by atoms with Crippen molar-refractivity contribution in [2.24, 2.45) is 0 Å². The van der Waals surface area contributed by atoms with Crippen molar-refractivity contribution in [3.8, 4) is 0 Å². The Morgan fingerprint density at radius 2 is 2.12 bits per heavy atom. The zero-order valence-electron chi connectivity index (χ0n) is 10.1. The maximum Gasteiger partial charge on any atom is 0.148 e. The number of para-hydroxylation sites is 1. The van der Waals surface area contributed by atoms with Gasteiger partial charge < -0.3 is 15.7 Å². The Hall–Kier alpha value is -1.29. The second kappa shape index (κ2) is 4.53. The summed E-state index contributed by atoms with van der Waals surface area (Å²) >= 11 is 0. The van der Waals surface area contributed by atoms with Crippen molar-refractivity contribution in [1.29, 1.82) is 0 Å². The molecule has 4 heteroatoms. The van der Waals surface area contributed by atoms with Crippen LogP contribution < -0.4 is 10.6 Å². The summed E-state index contributed by atoms with van der Waals surface area (Å²) in [6.07, 6.45) is 2.35. The lowest BCUT2D eigenvalue weighted by atomic mass is 9.98. The van der Waals surface area contributed by atoms with E-state index in [0.717, 1.165) is 25.1 Å². The van der Waals surface area contributed by atoms with E-state index in [0.29, 0.717) is 13.0 Å². The number of anilines is 2. The van der Waals surface area contributed by atoms with Gasteiger partial charge in [0.15, 0.2) is 0 Å². The van der Waals surface area contributed by atoms with Crippen LogP contribution in [0.1, 0.15) is 26.2 Å². The zero-order chi connectivity index (χ0) is 12.5. The molecule has 3 N–H and O–H groups in total. The summed E-state index contributed by atoms with van der Waals surface area (Å²) in [6, 6.07) is 4.87. The predicted octanol–water partition coefficient (Wildman–Crippen LogP) is 2.15. The smallest absolute Gasteiger partial charge is 0.148 e. The number of halogens is 1. The lowest BCUT2D eigenvalue weighted by Crippen LogP contribution is -2.28. The summed E-state index contributed by atoms with van der Waals surface area (Å²) in [4.78, 5) is 2.06. The van der Waals surface area contributed by atoms with Crippen molar-refractivity contribution in [2.75, 3.05) is 23.7 Å². The molecule has 0 bridgehead atoms. The number of hydrogen-bond donors (Lipinski definition) is 2. The maximum atomic E-state index is 13.4. The molecular weight excluding hydrogens is 219 g/mol. The third-order valence-electron chi connectivity index (χ3n) is 3.43. The number of hydrogen-bond acceptors (Lipinski definition) is 3. The van der Waals surface area contributed by atoms with E-state index in [-0.39, 0.29) is 11.5 Å². The van der Waals surface area contributed by atoms with E-state index in [1.807, 2.05) is 13.0 Å². The molecule has 1 fully saturated rings. The van der Waals surface area contributed by atoms with Crippen LogP contribution in [-0.2, 0) is 0 Å². The molecule has 17 heavy (non-hydrogen) atoms. The molecule has 1 aliphatic rings. The van der Waals surface area contributed by atoms with Gasteiger partial charge in [0.2, 0.25) is 0 Å². The van der Waals surface area contributed by atoms with Crippen LogP contribution in [0.3, 0.4) is 0 Å². The molecule has 1 heterocycles. The van der Waals surface area contributed by atoms with Crippen LogP contribution >= 0.6 is 0 Å². The molecule has 0 aliphatic carbocycles. The topological polar surface area (TPSA) is 49.5 Å². The second-order valence-electron chi connectivity index (χ2n) is 5.01. The van der Waals surface area contributed by atoms with Gasteiger partial charge in [-0.1, -0.05) is 6.07 Å². The van der Waals surface area contributed by atoms with Crippen LogP contribution in [0.5, 0.6) is 0 Å². The molecule has 1 atom stereocenters. The van der Waals surface area contributed by atoms with Crippen LogP contribution in [-0.4, -0.2) is 23.8 Å². The Morgan fingerprint density at radius 1 is 1.35 bits per heavy atom. The molecule has 1 unspecified atom stereocenters. The second-order valence-corrected chi connectivity index (χ2v) is 5.01. The van der Waals surface area contributed by atoms with Gasteiger partial charge in [0.25, 0.3) is 0 Å². The van der Waals surface area contributed by atoms with Gasteiger partial charge in [-0.3, -0.25) is 0 Å². The number of rotatable bonds is 1. The Balaban J connectivity index is 2.20. The molecule has 3 nitrogen and oxygen atoms in total. The van der Waals surface area contributed by atoms with Crippen LogP contribution in [0.15, 0.2) is 18.2 Å². The first-order valence-electron chi connectivity index (χ1n) is 6.01. The predicted molar refractivity (Wildman–Crippen MR) is 67.5 cm³/mol. The summed E-state index contributed by atoms with van der Waals surface area (Å²) in [7, 11) is 0. The first-order chi connectivity index (χ1) is 7.99. The lowest BCUT2D eigenvalue weighted by Gasteiger charge is -2.25. The quantitative estimate of drug-likeness (QED) is 0.737. The highest BCUT2D eigenvalue weighted by Crippen LogP contribution is 2.30. The van der Waals surface area contributed by atoms with Crippen LogP contribution in [0.2, 0.25) is 0 Å². The summed E-state index contributed by atoms with van der Waals surface area (Å²) in [5.41, 5.74) is 6.08. The van der Waals surface area contributed by atoms with E-state index in [1.165, 1.54) is 6.07 Å². The SMILES string of the molecule is CC1(O)CCCN(c2cccc(F)c2N)CC1. The Morgan fingerprint density at radius 3 is 2.88 bits per heavy atom. The highest BCUT2D eigenvalue weighted by atomic mass is 19.1. The minimum atomic E-state index is -0.614. The third kappa shape index (κ3) is 2.69. The van der Waals surface area contributed by atoms with Gasteiger partial charge in [0.1, 0.15) is 5.82 Å². The van der Waals surface area contributed by atoms with Crippen LogP contribution in [0.25, 0.3) is 0 Å². The van der Waals surface area contributed by atoms with E-state index >= 15 is 0 Å². The van der Waals surface area contributed by atoms with Gasteiger partial charge in [-0.2, -0.15) is 0 Å². The van der Waals surface area contributed by atoms with E-state index in [9.17, 15) is 9.50 Å². The average Bonchev–Trinajstić information content (AvgIpc) is 2.44. The molecule has 1 saturated heterocycles. The third-order valence-corrected chi connectivity index (χ3v) is 3.43. The minimum absolute atomic E-state index is 0.203. The summed E-state index contributed by atoms with van der Waals surface area (Å²) in [6.45, 7) is 3.37. The van der Waals surface area contributed by atoms with Gasteiger partial charge in [0.05, 0.1) is 17.0 Å². The fourth-order valence-electron chi connectivity index (χ4n) is 2.31. The highest BCUT2D eigenvalue weighted by Gasteiger charge is 2.25. The van der Waals surface area contributed by atoms with E-state index in [4.69, 9.17) is 5.73 Å². The van der Waals surface area contributed by atoms with Gasteiger partial charge in [-0.05, 0) is 38.3 Å². The molecule has 0 saturated carbocycles. The van der Waals surface area contributed by atoms with Gasteiger partial charge in [0, 0.05) is 13.1 Å². The summed E-state index contributed by atoms with van der Waals surface area (Å²) in [5, 5.41) is 10.0. The molecule has 1 aromatic rings. The first kappa shape index (κ1) is 12.2. The van der Waals surface area contributed by atoms with Gasteiger partial charge in [-0.25, -0.2) is 4.39 Å². The molecule has 94 valence electrons. The molecular formula is C13H19FN2O. The normalized spacial score (nSPS) is 25.7.